The Kier molecular flexibility index (Phi) is 7.38. The molecule has 11 heteroatoms. The average molecular weight is 539 g/mol. The maximum absolute atomic E-state index is 13.5. The fourth-order valence-electron chi connectivity index (χ4n) is 2.48. The molecule has 0 aliphatic carbocycles. The molecule has 0 N–H and O–H groups in total. The molecule has 0 radical (unpaired) electrons. The van der Waals surface area contributed by atoms with E-state index in [9.17, 15) is 13.2 Å². The van der Waals surface area contributed by atoms with Gasteiger partial charge in [-0.3, -0.25) is 4.68 Å². The summed E-state index contributed by atoms with van der Waals surface area (Å²) in [6.45, 7) is -0.430. The Morgan fingerprint density at radius 2 is 1.80 bits per heavy atom. The van der Waals surface area contributed by atoms with Gasteiger partial charge in [0.05, 0.1) is 21.8 Å². The van der Waals surface area contributed by atoms with Crippen LogP contribution in [0.1, 0.15) is 16.8 Å². The number of hydrogen-bond acceptors (Lipinski definition) is 4. The third-order valence-corrected chi connectivity index (χ3v) is 6.25. The van der Waals surface area contributed by atoms with Crippen LogP contribution in [-0.2, 0) is 24.7 Å². The molecule has 0 aliphatic rings. The van der Waals surface area contributed by atoms with E-state index in [4.69, 9.17) is 28.0 Å². The molecule has 3 rings (SSSR count). The lowest BCUT2D eigenvalue weighted by Crippen LogP contribution is -2.10. The van der Waals surface area contributed by atoms with Gasteiger partial charge < -0.3 is 4.84 Å². The average Bonchev–Trinajstić information content (AvgIpc) is 2.98. The van der Waals surface area contributed by atoms with Crippen molar-refractivity contribution < 1.29 is 18.0 Å². The van der Waals surface area contributed by atoms with Crippen LogP contribution in [0, 0.1) is 0 Å². The van der Waals surface area contributed by atoms with Crippen LogP contribution in [0.15, 0.2) is 62.0 Å². The van der Waals surface area contributed by atoms with E-state index in [1.54, 1.807) is 42.5 Å². The van der Waals surface area contributed by atoms with E-state index in [1.807, 2.05) is 0 Å². The molecule has 0 saturated carbocycles. The summed E-state index contributed by atoms with van der Waals surface area (Å²) in [4.78, 5) is 5.91. The standard InChI is InChI=1S/C19H13BrCl2F3N3OS/c1-28-18(30-12-7-5-11(20)6-8-12)14(17(27-28)19(23,24)25)10-29-26-9-13-15(21)3-2-4-16(13)22/h2-9H,10H2,1H3. The number of oxime groups is 1. The minimum Gasteiger partial charge on any atom is -0.391 e. The second-order valence-corrected chi connectivity index (χ2v) is 8.75. The summed E-state index contributed by atoms with van der Waals surface area (Å²) in [5.41, 5.74) is -0.719. The van der Waals surface area contributed by atoms with Gasteiger partial charge in [0.2, 0.25) is 0 Å². The number of halogens is 6. The van der Waals surface area contributed by atoms with Crippen LogP contribution in [0.3, 0.4) is 0 Å². The SMILES string of the molecule is Cn1nc(C(F)(F)F)c(CON=Cc2c(Cl)cccc2Cl)c1Sc1ccc(Br)cc1. The first-order valence-corrected chi connectivity index (χ1v) is 10.7. The first-order chi connectivity index (χ1) is 14.2. The smallest absolute Gasteiger partial charge is 0.391 e. The van der Waals surface area contributed by atoms with E-state index in [-0.39, 0.29) is 5.56 Å². The number of hydrogen-bond donors (Lipinski definition) is 0. The molecule has 0 spiro atoms. The van der Waals surface area contributed by atoms with Crippen LogP contribution >= 0.6 is 50.9 Å². The van der Waals surface area contributed by atoms with E-state index >= 15 is 0 Å². The molecule has 0 fully saturated rings. The number of rotatable bonds is 6. The number of nitrogens with zero attached hydrogens (tertiary/aromatic N) is 3. The molecule has 0 aliphatic heterocycles. The van der Waals surface area contributed by atoms with Gasteiger partial charge in [0.1, 0.15) is 11.6 Å². The summed E-state index contributed by atoms with van der Waals surface area (Å²) < 4.78 is 42.5. The van der Waals surface area contributed by atoms with Gasteiger partial charge in [-0.25, -0.2) is 0 Å². The molecule has 0 saturated heterocycles. The Balaban J connectivity index is 1.86. The zero-order valence-corrected chi connectivity index (χ0v) is 19.2. The van der Waals surface area contributed by atoms with Crippen molar-refractivity contribution >= 4 is 57.1 Å². The largest absolute Gasteiger partial charge is 0.435 e. The summed E-state index contributed by atoms with van der Waals surface area (Å²) in [6, 6.07) is 12.1. The highest BCUT2D eigenvalue weighted by molar-refractivity contribution is 9.10. The molecule has 0 unspecified atom stereocenters. The molecule has 30 heavy (non-hydrogen) atoms. The van der Waals surface area contributed by atoms with E-state index in [0.29, 0.717) is 20.6 Å². The van der Waals surface area contributed by atoms with Gasteiger partial charge >= 0.3 is 6.18 Å². The lowest BCUT2D eigenvalue weighted by molar-refractivity contribution is -0.142. The van der Waals surface area contributed by atoms with Crippen molar-refractivity contribution in [2.24, 2.45) is 12.2 Å². The molecule has 0 amide bonds. The quantitative estimate of drug-likeness (QED) is 0.246. The van der Waals surface area contributed by atoms with E-state index in [2.05, 4.69) is 26.2 Å². The summed E-state index contributed by atoms with van der Waals surface area (Å²) in [6.07, 6.45) is -3.37. The molecule has 4 nitrogen and oxygen atoms in total. The topological polar surface area (TPSA) is 39.4 Å². The molecular formula is C19H13BrCl2F3N3OS. The van der Waals surface area contributed by atoms with Gasteiger partial charge in [-0.1, -0.05) is 62.1 Å². The maximum Gasteiger partial charge on any atom is 0.435 e. The highest BCUT2D eigenvalue weighted by Gasteiger charge is 2.39. The van der Waals surface area contributed by atoms with Crippen molar-refractivity contribution in [1.82, 2.24) is 9.78 Å². The molecule has 158 valence electrons. The van der Waals surface area contributed by atoms with Crippen molar-refractivity contribution in [3.8, 4) is 0 Å². The Labute approximate surface area is 193 Å². The van der Waals surface area contributed by atoms with E-state index < -0.39 is 18.5 Å². The van der Waals surface area contributed by atoms with Gasteiger partial charge in [0.15, 0.2) is 5.69 Å². The third-order valence-electron chi connectivity index (χ3n) is 3.85. The predicted octanol–water partition coefficient (Wildman–Crippen LogP) is 7.21. The van der Waals surface area contributed by atoms with Crippen molar-refractivity contribution in [3.05, 3.63) is 73.8 Å². The van der Waals surface area contributed by atoms with Crippen LogP contribution in [0.5, 0.6) is 0 Å². The zero-order valence-electron chi connectivity index (χ0n) is 15.3. The van der Waals surface area contributed by atoms with Crippen LogP contribution in [0.4, 0.5) is 13.2 Å². The second-order valence-electron chi connectivity index (χ2n) is 5.95. The van der Waals surface area contributed by atoms with Gasteiger partial charge in [-0.05, 0) is 36.4 Å². The van der Waals surface area contributed by atoms with Crippen LogP contribution in [-0.4, -0.2) is 16.0 Å². The van der Waals surface area contributed by atoms with Gasteiger partial charge in [-0.2, -0.15) is 18.3 Å². The fraction of sp³-hybridized carbons (Fsp3) is 0.158. The fourth-order valence-corrected chi connectivity index (χ4v) is 4.18. The highest BCUT2D eigenvalue weighted by atomic mass is 79.9. The third kappa shape index (κ3) is 5.51. The first kappa shape index (κ1) is 23.0. The maximum atomic E-state index is 13.5. The summed E-state index contributed by atoms with van der Waals surface area (Å²) >= 11 is 16.6. The van der Waals surface area contributed by atoms with Crippen LogP contribution in [0.25, 0.3) is 0 Å². The summed E-state index contributed by atoms with van der Waals surface area (Å²) in [5, 5.41) is 8.38. The highest BCUT2D eigenvalue weighted by Crippen LogP contribution is 2.39. The van der Waals surface area contributed by atoms with E-state index in [1.165, 1.54) is 17.9 Å². The van der Waals surface area contributed by atoms with Crippen molar-refractivity contribution in [2.45, 2.75) is 22.7 Å². The Morgan fingerprint density at radius 1 is 1.17 bits per heavy atom. The second kappa shape index (κ2) is 9.64. The van der Waals surface area contributed by atoms with Gasteiger partial charge in [0, 0.05) is 22.0 Å². The number of benzene rings is 2. The van der Waals surface area contributed by atoms with E-state index in [0.717, 1.165) is 21.1 Å². The first-order valence-electron chi connectivity index (χ1n) is 8.32. The molecule has 0 atom stereocenters. The number of aromatic nitrogens is 2. The predicted molar refractivity (Wildman–Crippen MR) is 115 cm³/mol. The van der Waals surface area contributed by atoms with Gasteiger partial charge in [0.25, 0.3) is 0 Å². The zero-order chi connectivity index (χ0) is 21.9. The van der Waals surface area contributed by atoms with Crippen LogP contribution in [0.2, 0.25) is 10.0 Å². The number of alkyl halides is 3. The minimum absolute atomic E-state index is 0.111. The molecule has 1 aromatic heterocycles. The molecule has 1 heterocycles. The van der Waals surface area contributed by atoms with Crippen molar-refractivity contribution in [1.29, 1.82) is 0 Å². The summed E-state index contributed by atoms with van der Waals surface area (Å²) in [7, 11) is 1.45. The molecule has 2 aromatic carbocycles. The van der Waals surface area contributed by atoms with Gasteiger partial charge in [-0.15, -0.1) is 0 Å². The number of aryl methyl sites for hydroxylation is 1. The summed E-state index contributed by atoms with van der Waals surface area (Å²) in [5.74, 6) is 0. The monoisotopic (exact) mass is 537 g/mol. The lowest BCUT2D eigenvalue weighted by atomic mass is 10.2. The Morgan fingerprint density at radius 3 is 2.40 bits per heavy atom. The Hall–Kier alpha value is -1.68. The minimum atomic E-state index is -4.63. The Bertz CT molecular complexity index is 1050. The molecule has 0 bridgehead atoms. The van der Waals surface area contributed by atoms with Crippen molar-refractivity contribution in [3.63, 3.8) is 0 Å². The lowest BCUT2D eigenvalue weighted by Gasteiger charge is -2.08. The van der Waals surface area contributed by atoms with Crippen molar-refractivity contribution in [2.75, 3.05) is 0 Å². The molecular weight excluding hydrogens is 526 g/mol. The normalized spacial score (nSPS) is 12.0. The molecule has 3 aromatic rings. The van der Waals surface area contributed by atoms with Crippen LogP contribution < -0.4 is 0 Å².